The van der Waals surface area contributed by atoms with Gasteiger partial charge in [0.25, 0.3) is 5.91 Å². The molecule has 1 amide bonds. The van der Waals surface area contributed by atoms with Crippen molar-refractivity contribution in [1.29, 1.82) is 0 Å². The molecule has 3 nitrogen and oxygen atoms in total. The first-order valence-electron chi connectivity index (χ1n) is 7.90. The van der Waals surface area contributed by atoms with Crippen molar-refractivity contribution in [1.82, 2.24) is 4.90 Å². The maximum atomic E-state index is 12.8. The molecule has 0 bridgehead atoms. The Hall–Kier alpha value is -1.56. The fraction of sp³-hybridized carbons (Fsp3) is 0.588. The number of likely N-dealkylation sites (tertiary alicyclic amines) is 1. The number of halogens is 3. The highest BCUT2D eigenvalue weighted by Gasteiger charge is 2.32. The summed E-state index contributed by atoms with van der Waals surface area (Å²) in [7, 11) is 1.63. The molecule has 23 heavy (non-hydrogen) atoms. The van der Waals surface area contributed by atoms with Crippen molar-refractivity contribution in [3.63, 3.8) is 0 Å². The van der Waals surface area contributed by atoms with Gasteiger partial charge in [-0.3, -0.25) is 4.79 Å². The molecule has 2 rings (SSSR count). The molecule has 0 radical (unpaired) electrons. The molecule has 0 aromatic heterocycles. The lowest BCUT2D eigenvalue weighted by atomic mass is 9.96. The van der Waals surface area contributed by atoms with Crippen molar-refractivity contribution in [2.24, 2.45) is 0 Å². The first-order chi connectivity index (χ1) is 10.9. The molecule has 128 valence electrons. The van der Waals surface area contributed by atoms with Crippen LogP contribution in [-0.2, 0) is 10.9 Å². The van der Waals surface area contributed by atoms with Crippen LogP contribution in [-0.4, -0.2) is 37.1 Å². The number of benzene rings is 1. The summed E-state index contributed by atoms with van der Waals surface area (Å²) in [5.74, 6) is -0.307. The monoisotopic (exact) mass is 329 g/mol. The molecule has 1 aromatic rings. The van der Waals surface area contributed by atoms with Crippen LogP contribution in [0.3, 0.4) is 0 Å². The number of hydrogen-bond acceptors (Lipinski definition) is 2. The van der Waals surface area contributed by atoms with Crippen molar-refractivity contribution in [3.8, 4) is 0 Å². The van der Waals surface area contributed by atoms with Gasteiger partial charge in [-0.05, 0) is 50.3 Å². The number of carbonyl (C=O) groups is 1. The van der Waals surface area contributed by atoms with E-state index in [1.165, 1.54) is 12.1 Å². The number of nitrogens with zero attached hydrogens (tertiary/aromatic N) is 1. The molecule has 1 aliphatic heterocycles. The summed E-state index contributed by atoms with van der Waals surface area (Å²) in [6.07, 6.45) is 0.0616. The highest BCUT2D eigenvalue weighted by atomic mass is 19.4. The minimum atomic E-state index is -4.43. The third-order valence-corrected chi connectivity index (χ3v) is 4.21. The Labute approximate surface area is 134 Å². The van der Waals surface area contributed by atoms with Crippen molar-refractivity contribution in [2.75, 3.05) is 20.3 Å². The smallest absolute Gasteiger partial charge is 0.385 e. The van der Waals surface area contributed by atoms with Gasteiger partial charge in [0.2, 0.25) is 0 Å². The van der Waals surface area contributed by atoms with Gasteiger partial charge in [0.1, 0.15) is 0 Å². The number of hydrogen-bond donors (Lipinski definition) is 0. The summed E-state index contributed by atoms with van der Waals surface area (Å²) in [5.41, 5.74) is -0.672. The fourth-order valence-electron chi connectivity index (χ4n) is 3.03. The number of rotatable bonds is 5. The Bertz CT molecular complexity index is 531. The molecule has 1 heterocycles. The van der Waals surface area contributed by atoms with E-state index >= 15 is 0 Å². The second-order valence-corrected chi connectivity index (χ2v) is 5.86. The SMILES string of the molecule is COCCC[C@H]1CCCCN1C(=O)c1cccc(C(F)(F)F)c1. The molecule has 1 fully saturated rings. The van der Waals surface area contributed by atoms with Gasteiger partial charge in [0.15, 0.2) is 0 Å². The molecule has 0 unspecified atom stereocenters. The zero-order valence-corrected chi connectivity index (χ0v) is 13.2. The van der Waals surface area contributed by atoms with Gasteiger partial charge in [-0.1, -0.05) is 6.07 Å². The molecule has 0 N–H and O–H groups in total. The predicted octanol–water partition coefficient (Wildman–Crippen LogP) is 4.13. The summed E-state index contributed by atoms with van der Waals surface area (Å²) >= 11 is 0. The van der Waals surface area contributed by atoms with Crippen molar-refractivity contribution in [2.45, 2.75) is 44.3 Å². The van der Waals surface area contributed by atoms with Gasteiger partial charge >= 0.3 is 6.18 Å². The second kappa shape index (κ2) is 7.81. The van der Waals surface area contributed by atoms with Gasteiger partial charge in [0, 0.05) is 31.9 Å². The molecule has 0 saturated carbocycles. The van der Waals surface area contributed by atoms with E-state index in [0.29, 0.717) is 13.2 Å². The van der Waals surface area contributed by atoms with Gasteiger partial charge in [0.05, 0.1) is 5.56 Å². The third-order valence-electron chi connectivity index (χ3n) is 4.21. The maximum absolute atomic E-state index is 12.8. The Kier molecular flexibility index (Phi) is 6.04. The van der Waals surface area contributed by atoms with Crippen molar-refractivity contribution < 1.29 is 22.7 Å². The van der Waals surface area contributed by atoms with Crippen LogP contribution in [0.4, 0.5) is 13.2 Å². The van der Waals surface area contributed by atoms with E-state index in [4.69, 9.17) is 4.74 Å². The molecule has 6 heteroatoms. The minimum Gasteiger partial charge on any atom is -0.385 e. The first-order valence-corrected chi connectivity index (χ1v) is 7.90. The van der Waals surface area contributed by atoms with Gasteiger partial charge in [-0.15, -0.1) is 0 Å². The lowest BCUT2D eigenvalue weighted by Gasteiger charge is -2.36. The molecular formula is C17H22F3NO2. The van der Waals surface area contributed by atoms with E-state index in [1.54, 1.807) is 12.0 Å². The number of carbonyl (C=O) groups excluding carboxylic acids is 1. The van der Waals surface area contributed by atoms with E-state index in [0.717, 1.165) is 44.2 Å². The lowest BCUT2D eigenvalue weighted by Crippen LogP contribution is -2.43. The van der Waals surface area contributed by atoms with Crippen molar-refractivity contribution >= 4 is 5.91 Å². The molecule has 0 spiro atoms. The van der Waals surface area contributed by atoms with E-state index < -0.39 is 11.7 Å². The summed E-state index contributed by atoms with van der Waals surface area (Å²) in [6.45, 7) is 1.23. The van der Waals surface area contributed by atoms with Crippen LogP contribution in [0.5, 0.6) is 0 Å². The van der Waals surface area contributed by atoms with Gasteiger partial charge in [-0.2, -0.15) is 13.2 Å². The average molecular weight is 329 g/mol. The topological polar surface area (TPSA) is 29.5 Å². The molecule has 1 atom stereocenters. The average Bonchev–Trinajstić information content (AvgIpc) is 2.54. The highest BCUT2D eigenvalue weighted by Crippen LogP contribution is 2.30. The molecule has 1 saturated heterocycles. The Morgan fingerprint density at radius 3 is 2.83 bits per heavy atom. The predicted molar refractivity (Wildman–Crippen MR) is 81.2 cm³/mol. The molecule has 1 aliphatic rings. The summed E-state index contributed by atoms with van der Waals surface area (Å²) in [5, 5.41) is 0. The highest BCUT2D eigenvalue weighted by molar-refractivity contribution is 5.94. The number of ether oxygens (including phenoxy) is 1. The number of alkyl halides is 3. The Morgan fingerprint density at radius 1 is 1.35 bits per heavy atom. The Balaban J connectivity index is 2.13. The number of methoxy groups -OCH3 is 1. The van der Waals surface area contributed by atoms with Crippen LogP contribution in [0, 0.1) is 0 Å². The lowest BCUT2D eigenvalue weighted by molar-refractivity contribution is -0.137. The van der Waals surface area contributed by atoms with Crippen LogP contribution < -0.4 is 0 Å². The first kappa shape index (κ1) is 17.8. The zero-order chi connectivity index (χ0) is 16.9. The third kappa shape index (κ3) is 4.70. The molecule has 0 aliphatic carbocycles. The van der Waals surface area contributed by atoms with E-state index in [9.17, 15) is 18.0 Å². The van der Waals surface area contributed by atoms with Crippen LogP contribution in [0.1, 0.15) is 48.0 Å². The van der Waals surface area contributed by atoms with E-state index in [1.807, 2.05) is 0 Å². The molecule has 1 aromatic carbocycles. The molecular weight excluding hydrogens is 307 g/mol. The van der Waals surface area contributed by atoms with Crippen LogP contribution in [0.15, 0.2) is 24.3 Å². The van der Waals surface area contributed by atoms with E-state index in [2.05, 4.69) is 0 Å². The summed E-state index contributed by atoms with van der Waals surface area (Å²) in [4.78, 5) is 14.4. The number of amides is 1. The van der Waals surface area contributed by atoms with Gasteiger partial charge < -0.3 is 9.64 Å². The Morgan fingerprint density at radius 2 is 2.13 bits per heavy atom. The van der Waals surface area contributed by atoms with Crippen LogP contribution in [0.25, 0.3) is 0 Å². The van der Waals surface area contributed by atoms with E-state index in [-0.39, 0.29) is 17.5 Å². The zero-order valence-electron chi connectivity index (χ0n) is 13.2. The quantitative estimate of drug-likeness (QED) is 0.760. The fourth-order valence-corrected chi connectivity index (χ4v) is 3.03. The standard InChI is InChI=1S/C17H22F3NO2/c1-23-11-5-9-15-8-2-3-10-21(15)16(22)13-6-4-7-14(12-13)17(18,19)20/h4,6-7,12,15H,2-3,5,8-11H2,1H3/t15-/m1/s1. The van der Waals surface area contributed by atoms with Crippen LogP contribution >= 0.6 is 0 Å². The minimum absolute atomic E-state index is 0.0842. The normalized spacial score (nSPS) is 19.0. The maximum Gasteiger partial charge on any atom is 0.416 e. The van der Waals surface area contributed by atoms with Gasteiger partial charge in [-0.25, -0.2) is 0 Å². The summed E-state index contributed by atoms with van der Waals surface area (Å²) in [6, 6.07) is 4.77. The number of piperidine rings is 1. The van der Waals surface area contributed by atoms with Crippen LogP contribution in [0.2, 0.25) is 0 Å². The second-order valence-electron chi connectivity index (χ2n) is 5.86. The van der Waals surface area contributed by atoms with Crippen molar-refractivity contribution in [3.05, 3.63) is 35.4 Å². The summed E-state index contributed by atoms with van der Waals surface area (Å²) < 4.78 is 43.5. The largest absolute Gasteiger partial charge is 0.416 e.